The first kappa shape index (κ1) is 14.8. The molecule has 0 fully saturated rings. The van der Waals surface area contributed by atoms with Gasteiger partial charge in [-0.05, 0) is 34.0 Å². The van der Waals surface area contributed by atoms with E-state index in [1.807, 2.05) is 25.9 Å². The summed E-state index contributed by atoms with van der Waals surface area (Å²) >= 11 is 4.55. The molecule has 1 unspecified atom stereocenters. The monoisotopic (exact) mass is 253 g/mol. The molecule has 15 heavy (non-hydrogen) atoms. The van der Waals surface area contributed by atoms with E-state index in [0.29, 0.717) is 0 Å². The zero-order valence-electron chi connectivity index (χ0n) is 9.36. The SMILES string of the molecule is CC(CCN(C)C)NS(=O)(=O)CC(N)=S. The van der Waals surface area contributed by atoms with Crippen molar-refractivity contribution in [2.75, 3.05) is 26.4 Å². The molecule has 0 heterocycles. The van der Waals surface area contributed by atoms with Crippen molar-refractivity contribution in [1.29, 1.82) is 0 Å². The van der Waals surface area contributed by atoms with Crippen LogP contribution in [-0.2, 0) is 10.0 Å². The van der Waals surface area contributed by atoms with Gasteiger partial charge in [0.25, 0.3) is 0 Å². The van der Waals surface area contributed by atoms with E-state index >= 15 is 0 Å². The Labute approximate surface area is 97.1 Å². The third-order valence-electron chi connectivity index (χ3n) is 1.72. The van der Waals surface area contributed by atoms with Gasteiger partial charge >= 0.3 is 0 Å². The molecule has 90 valence electrons. The molecule has 0 aliphatic heterocycles. The summed E-state index contributed by atoms with van der Waals surface area (Å²) in [6.07, 6.45) is 0.754. The summed E-state index contributed by atoms with van der Waals surface area (Å²) in [5.41, 5.74) is 5.18. The molecule has 0 rings (SSSR count). The largest absolute Gasteiger partial charge is 0.392 e. The van der Waals surface area contributed by atoms with Gasteiger partial charge in [0.05, 0.1) is 4.99 Å². The molecule has 0 aromatic rings. The highest BCUT2D eigenvalue weighted by Crippen LogP contribution is 1.96. The first-order valence-electron chi connectivity index (χ1n) is 4.66. The smallest absolute Gasteiger partial charge is 0.218 e. The average Bonchev–Trinajstić information content (AvgIpc) is 1.96. The lowest BCUT2D eigenvalue weighted by atomic mass is 10.2. The number of hydrogen-bond donors (Lipinski definition) is 2. The van der Waals surface area contributed by atoms with E-state index in [9.17, 15) is 8.42 Å². The maximum absolute atomic E-state index is 11.4. The highest BCUT2D eigenvalue weighted by Gasteiger charge is 2.15. The van der Waals surface area contributed by atoms with Gasteiger partial charge in [-0.2, -0.15) is 0 Å². The molecule has 0 aliphatic rings. The third-order valence-corrected chi connectivity index (χ3v) is 3.50. The highest BCUT2D eigenvalue weighted by molar-refractivity contribution is 7.92. The van der Waals surface area contributed by atoms with Gasteiger partial charge in [-0.1, -0.05) is 12.2 Å². The van der Waals surface area contributed by atoms with E-state index in [1.165, 1.54) is 0 Å². The standard InChI is InChI=1S/C8H19N3O2S2/c1-7(4-5-11(2)3)10-15(12,13)6-8(9)14/h7,10H,4-6H2,1-3H3,(H2,9,14). The topological polar surface area (TPSA) is 75.4 Å². The number of thiocarbonyl (C=S) groups is 1. The van der Waals surface area contributed by atoms with Crippen molar-refractivity contribution in [2.45, 2.75) is 19.4 Å². The molecule has 0 aromatic carbocycles. The number of hydrogen-bond acceptors (Lipinski definition) is 4. The molecule has 3 N–H and O–H groups in total. The van der Waals surface area contributed by atoms with Crippen LogP contribution in [0, 0.1) is 0 Å². The molecule has 7 heteroatoms. The molecule has 0 bridgehead atoms. The van der Waals surface area contributed by atoms with E-state index in [-0.39, 0.29) is 16.8 Å². The summed E-state index contributed by atoms with van der Waals surface area (Å²) in [4.78, 5) is 1.99. The molecule has 0 spiro atoms. The van der Waals surface area contributed by atoms with Crippen molar-refractivity contribution in [2.24, 2.45) is 5.73 Å². The lowest BCUT2D eigenvalue weighted by Crippen LogP contribution is -2.39. The van der Waals surface area contributed by atoms with Crippen molar-refractivity contribution >= 4 is 27.2 Å². The number of sulfonamides is 1. The Balaban J connectivity index is 4.05. The van der Waals surface area contributed by atoms with Crippen molar-refractivity contribution in [3.05, 3.63) is 0 Å². The second-order valence-corrected chi connectivity index (χ2v) is 6.11. The summed E-state index contributed by atoms with van der Waals surface area (Å²) in [5, 5.41) is 0. The first-order chi connectivity index (χ1) is 6.73. The highest BCUT2D eigenvalue weighted by atomic mass is 32.2. The summed E-state index contributed by atoms with van der Waals surface area (Å²) in [5.74, 6) is -0.283. The van der Waals surface area contributed by atoms with Gasteiger partial charge in [0, 0.05) is 6.04 Å². The summed E-state index contributed by atoms with van der Waals surface area (Å²) < 4.78 is 25.3. The average molecular weight is 253 g/mol. The molecular formula is C8H19N3O2S2. The van der Waals surface area contributed by atoms with Crippen LogP contribution in [0.1, 0.15) is 13.3 Å². The number of nitrogens with one attached hydrogen (secondary N) is 1. The molecule has 0 saturated heterocycles. The summed E-state index contributed by atoms with van der Waals surface area (Å²) in [7, 11) is 0.519. The summed E-state index contributed by atoms with van der Waals surface area (Å²) in [6.45, 7) is 2.65. The quantitative estimate of drug-likeness (QED) is 0.600. The van der Waals surface area contributed by atoms with Gasteiger partial charge in [0.15, 0.2) is 0 Å². The van der Waals surface area contributed by atoms with E-state index in [1.54, 1.807) is 0 Å². The summed E-state index contributed by atoms with van der Waals surface area (Å²) in [6, 6.07) is -0.105. The Bertz CT molecular complexity index is 301. The van der Waals surface area contributed by atoms with Crippen molar-refractivity contribution < 1.29 is 8.42 Å². The molecule has 0 saturated carbocycles. The van der Waals surface area contributed by atoms with Gasteiger partial charge in [-0.25, -0.2) is 13.1 Å². The van der Waals surface area contributed by atoms with Gasteiger partial charge in [0.1, 0.15) is 5.75 Å². The van der Waals surface area contributed by atoms with Crippen LogP contribution in [0.2, 0.25) is 0 Å². The van der Waals surface area contributed by atoms with Crippen LogP contribution in [0.4, 0.5) is 0 Å². The van der Waals surface area contributed by atoms with E-state index in [0.717, 1.165) is 13.0 Å². The molecule has 0 aromatic heterocycles. The predicted molar refractivity (Wildman–Crippen MR) is 66.3 cm³/mol. The Kier molecular flexibility index (Phi) is 6.26. The van der Waals surface area contributed by atoms with Gasteiger partial charge in [0.2, 0.25) is 10.0 Å². The second kappa shape index (κ2) is 6.37. The minimum Gasteiger partial charge on any atom is -0.392 e. The number of nitrogens with two attached hydrogens (primary N) is 1. The molecule has 0 aliphatic carbocycles. The number of rotatable bonds is 7. The van der Waals surface area contributed by atoms with Crippen LogP contribution in [-0.4, -0.2) is 50.7 Å². The van der Waals surface area contributed by atoms with Crippen LogP contribution < -0.4 is 10.5 Å². The van der Waals surface area contributed by atoms with E-state index < -0.39 is 10.0 Å². The molecule has 1 atom stereocenters. The minimum atomic E-state index is -3.36. The fraction of sp³-hybridized carbons (Fsp3) is 0.875. The molecule has 0 radical (unpaired) electrons. The van der Waals surface area contributed by atoms with Gasteiger partial charge < -0.3 is 10.6 Å². The van der Waals surface area contributed by atoms with Gasteiger partial charge in [-0.3, -0.25) is 0 Å². The van der Waals surface area contributed by atoms with Crippen LogP contribution >= 0.6 is 12.2 Å². The van der Waals surface area contributed by atoms with Crippen molar-refractivity contribution in [1.82, 2.24) is 9.62 Å². The van der Waals surface area contributed by atoms with Crippen LogP contribution in [0.3, 0.4) is 0 Å². The van der Waals surface area contributed by atoms with E-state index in [2.05, 4.69) is 16.9 Å². The van der Waals surface area contributed by atoms with E-state index in [4.69, 9.17) is 5.73 Å². The lowest BCUT2D eigenvalue weighted by Gasteiger charge is -2.16. The fourth-order valence-corrected chi connectivity index (χ4v) is 2.70. The predicted octanol–water partition coefficient (Wildman–Crippen LogP) is -0.468. The molecule has 5 nitrogen and oxygen atoms in total. The Morgan fingerprint density at radius 1 is 1.53 bits per heavy atom. The fourth-order valence-electron chi connectivity index (χ4n) is 1.05. The normalized spacial score (nSPS) is 14.1. The second-order valence-electron chi connectivity index (χ2n) is 3.84. The van der Waals surface area contributed by atoms with Crippen molar-refractivity contribution in [3.63, 3.8) is 0 Å². The third kappa shape index (κ3) is 8.73. The maximum atomic E-state index is 11.4. The molecular weight excluding hydrogens is 234 g/mol. The Morgan fingerprint density at radius 2 is 2.07 bits per heavy atom. The lowest BCUT2D eigenvalue weighted by molar-refractivity contribution is 0.379. The van der Waals surface area contributed by atoms with Gasteiger partial charge in [-0.15, -0.1) is 0 Å². The zero-order valence-corrected chi connectivity index (χ0v) is 11.0. The Morgan fingerprint density at radius 3 is 2.47 bits per heavy atom. The minimum absolute atomic E-state index is 0.0118. The maximum Gasteiger partial charge on any atom is 0.218 e. The molecule has 0 amide bonds. The number of nitrogens with zero attached hydrogens (tertiary/aromatic N) is 1. The zero-order chi connectivity index (χ0) is 12.1. The first-order valence-corrected chi connectivity index (χ1v) is 6.72. The van der Waals surface area contributed by atoms with Crippen molar-refractivity contribution in [3.8, 4) is 0 Å². The van der Waals surface area contributed by atoms with Crippen LogP contribution in [0.15, 0.2) is 0 Å². The van der Waals surface area contributed by atoms with Crippen LogP contribution in [0.25, 0.3) is 0 Å². The van der Waals surface area contributed by atoms with Crippen LogP contribution in [0.5, 0.6) is 0 Å². The Hall–Kier alpha value is -0.240.